The Labute approximate surface area is 147 Å². The molecule has 1 saturated heterocycles. The average Bonchev–Trinajstić information content (AvgIpc) is 3.27. The lowest BCUT2D eigenvalue weighted by Gasteiger charge is -2.31. The standard InChI is InChI=1S/C16H32N4.HI/c1-13(2)6-9-20-10-7-14(8-11-20)12-18-16(17)19(3)15-4-5-15;/h13-15H,4-12H2,1-3H3,(H2,17,18);1H. The van der Waals surface area contributed by atoms with Gasteiger partial charge in [0.15, 0.2) is 5.96 Å². The lowest BCUT2D eigenvalue weighted by atomic mass is 9.96. The largest absolute Gasteiger partial charge is 0.370 e. The lowest BCUT2D eigenvalue weighted by molar-refractivity contribution is 0.179. The number of nitrogens with two attached hydrogens (primary N) is 1. The minimum atomic E-state index is 0. The highest BCUT2D eigenvalue weighted by Crippen LogP contribution is 2.25. The van der Waals surface area contributed by atoms with Gasteiger partial charge in [0.2, 0.25) is 0 Å². The van der Waals surface area contributed by atoms with Crippen LogP contribution in [-0.2, 0) is 0 Å². The van der Waals surface area contributed by atoms with Gasteiger partial charge in [0.1, 0.15) is 0 Å². The number of halogens is 1. The zero-order chi connectivity index (χ0) is 14.5. The molecule has 4 nitrogen and oxygen atoms in total. The van der Waals surface area contributed by atoms with E-state index in [-0.39, 0.29) is 24.0 Å². The first-order valence-corrected chi connectivity index (χ1v) is 8.31. The Balaban J connectivity index is 0.00000220. The molecular weight excluding hydrogens is 375 g/mol. The van der Waals surface area contributed by atoms with Crippen LogP contribution < -0.4 is 5.73 Å². The Hall–Kier alpha value is -0.0400. The van der Waals surface area contributed by atoms with Crippen molar-refractivity contribution in [2.45, 2.75) is 52.0 Å². The van der Waals surface area contributed by atoms with Gasteiger partial charge in [0.05, 0.1) is 0 Å². The number of hydrogen-bond acceptors (Lipinski definition) is 2. The Morgan fingerprint density at radius 3 is 2.38 bits per heavy atom. The third kappa shape index (κ3) is 6.72. The molecule has 0 radical (unpaired) electrons. The summed E-state index contributed by atoms with van der Waals surface area (Å²) < 4.78 is 0. The van der Waals surface area contributed by atoms with Crippen LogP contribution in [-0.4, -0.2) is 55.0 Å². The van der Waals surface area contributed by atoms with Gasteiger partial charge in [-0.1, -0.05) is 13.8 Å². The molecule has 2 rings (SSSR count). The highest BCUT2D eigenvalue weighted by Gasteiger charge is 2.27. The van der Waals surface area contributed by atoms with E-state index in [4.69, 9.17) is 5.73 Å². The van der Waals surface area contributed by atoms with Crippen LogP contribution in [0.4, 0.5) is 0 Å². The minimum absolute atomic E-state index is 0. The van der Waals surface area contributed by atoms with Crippen molar-refractivity contribution in [2.24, 2.45) is 22.6 Å². The molecule has 0 aromatic carbocycles. The first-order chi connectivity index (χ1) is 9.56. The molecule has 21 heavy (non-hydrogen) atoms. The van der Waals surface area contributed by atoms with Crippen molar-refractivity contribution >= 4 is 29.9 Å². The summed E-state index contributed by atoms with van der Waals surface area (Å²) in [7, 11) is 2.07. The molecule has 0 aromatic rings. The van der Waals surface area contributed by atoms with Crippen LogP contribution in [0, 0.1) is 11.8 Å². The van der Waals surface area contributed by atoms with E-state index in [0.29, 0.717) is 6.04 Å². The van der Waals surface area contributed by atoms with Gasteiger partial charge < -0.3 is 15.5 Å². The van der Waals surface area contributed by atoms with Crippen LogP contribution in [0.5, 0.6) is 0 Å². The van der Waals surface area contributed by atoms with Crippen molar-refractivity contribution < 1.29 is 0 Å². The number of guanidine groups is 1. The summed E-state index contributed by atoms with van der Waals surface area (Å²) in [5, 5.41) is 0. The molecule has 1 aliphatic heterocycles. The van der Waals surface area contributed by atoms with Crippen molar-refractivity contribution in [2.75, 3.05) is 33.2 Å². The Kier molecular flexibility index (Phi) is 8.31. The van der Waals surface area contributed by atoms with Gasteiger partial charge >= 0.3 is 0 Å². The summed E-state index contributed by atoms with van der Waals surface area (Å²) in [5.74, 6) is 2.29. The van der Waals surface area contributed by atoms with Crippen molar-refractivity contribution in [3.8, 4) is 0 Å². The SMILES string of the molecule is CC(C)CCN1CCC(CN=C(N)N(C)C2CC2)CC1.I. The molecule has 1 saturated carbocycles. The Morgan fingerprint density at radius 1 is 1.24 bits per heavy atom. The first-order valence-electron chi connectivity index (χ1n) is 8.31. The zero-order valence-corrected chi connectivity index (χ0v) is 16.3. The summed E-state index contributed by atoms with van der Waals surface area (Å²) in [5.41, 5.74) is 6.05. The molecule has 2 fully saturated rings. The van der Waals surface area contributed by atoms with E-state index >= 15 is 0 Å². The van der Waals surface area contributed by atoms with Gasteiger partial charge in [-0.25, -0.2) is 0 Å². The fourth-order valence-corrected chi connectivity index (χ4v) is 2.82. The fourth-order valence-electron chi connectivity index (χ4n) is 2.82. The Bertz CT molecular complexity index is 320. The molecule has 1 aliphatic carbocycles. The molecule has 5 heteroatoms. The molecule has 2 N–H and O–H groups in total. The summed E-state index contributed by atoms with van der Waals surface area (Å²) in [6.07, 6.45) is 6.44. The van der Waals surface area contributed by atoms with E-state index in [0.717, 1.165) is 24.3 Å². The monoisotopic (exact) mass is 408 g/mol. The summed E-state index contributed by atoms with van der Waals surface area (Å²) in [6, 6.07) is 0.664. The highest BCUT2D eigenvalue weighted by atomic mass is 127. The van der Waals surface area contributed by atoms with E-state index in [1.54, 1.807) is 0 Å². The van der Waals surface area contributed by atoms with Crippen LogP contribution >= 0.6 is 24.0 Å². The molecule has 2 aliphatic rings. The third-order valence-corrected chi connectivity index (χ3v) is 4.70. The van der Waals surface area contributed by atoms with E-state index in [1.165, 1.54) is 51.7 Å². The van der Waals surface area contributed by atoms with Gasteiger partial charge in [-0.05, 0) is 63.6 Å². The summed E-state index contributed by atoms with van der Waals surface area (Å²) >= 11 is 0. The molecular formula is C16H33IN4. The predicted molar refractivity (Wildman–Crippen MR) is 101 cm³/mol. The van der Waals surface area contributed by atoms with Crippen LogP contribution in [0.15, 0.2) is 4.99 Å². The van der Waals surface area contributed by atoms with Crippen LogP contribution in [0.25, 0.3) is 0 Å². The average molecular weight is 408 g/mol. The molecule has 0 spiro atoms. The van der Waals surface area contributed by atoms with Gasteiger partial charge in [0, 0.05) is 19.6 Å². The summed E-state index contributed by atoms with van der Waals surface area (Å²) in [6.45, 7) is 9.28. The van der Waals surface area contributed by atoms with E-state index < -0.39 is 0 Å². The smallest absolute Gasteiger partial charge is 0.191 e. The van der Waals surface area contributed by atoms with Crippen LogP contribution in [0.2, 0.25) is 0 Å². The molecule has 0 atom stereocenters. The molecule has 1 heterocycles. The molecule has 124 valence electrons. The van der Waals surface area contributed by atoms with Gasteiger partial charge in [0.25, 0.3) is 0 Å². The molecule has 0 amide bonds. The second kappa shape index (κ2) is 9.18. The number of aliphatic imine (C=N–C) groups is 1. The first kappa shape index (κ1) is 19.0. The number of hydrogen-bond donors (Lipinski definition) is 1. The minimum Gasteiger partial charge on any atom is -0.370 e. The third-order valence-electron chi connectivity index (χ3n) is 4.70. The second-order valence-electron chi connectivity index (χ2n) is 7.01. The number of likely N-dealkylation sites (tertiary alicyclic amines) is 1. The van der Waals surface area contributed by atoms with Crippen LogP contribution in [0.1, 0.15) is 46.0 Å². The number of rotatable bonds is 6. The van der Waals surface area contributed by atoms with E-state index in [2.05, 4.69) is 35.7 Å². The molecule has 0 bridgehead atoms. The number of nitrogens with zero attached hydrogens (tertiary/aromatic N) is 3. The normalized spacial score (nSPS) is 21.4. The van der Waals surface area contributed by atoms with Gasteiger partial charge in [-0.15, -0.1) is 24.0 Å². The summed E-state index contributed by atoms with van der Waals surface area (Å²) in [4.78, 5) is 9.37. The predicted octanol–water partition coefficient (Wildman–Crippen LogP) is 2.77. The van der Waals surface area contributed by atoms with Gasteiger partial charge in [-0.2, -0.15) is 0 Å². The fraction of sp³-hybridized carbons (Fsp3) is 0.938. The topological polar surface area (TPSA) is 44.9 Å². The van der Waals surface area contributed by atoms with Gasteiger partial charge in [-0.3, -0.25) is 4.99 Å². The van der Waals surface area contributed by atoms with E-state index in [1.807, 2.05) is 0 Å². The Morgan fingerprint density at radius 2 is 1.86 bits per heavy atom. The van der Waals surface area contributed by atoms with E-state index in [9.17, 15) is 0 Å². The molecule has 0 unspecified atom stereocenters. The van der Waals surface area contributed by atoms with Crippen molar-refractivity contribution in [3.05, 3.63) is 0 Å². The zero-order valence-electron chi connectivity index (χ0n) is 13.9. The highest BCUT2D eigenvalue weighted by molar-refractivity contribution is 14.0. The van der Waals surface area contributed by atoms with Crippen molar-refractivity contribution in [3.63, 3.8) is 0 Å². The maximum absolute atomic E-state index is 6.05. The maximum Gasteiger partial charge on any atom is 0.191 e. The van der Waals surface area contributed by atoms with Crippen LogP contribution in [0.3, 0.4) is 0 Å². The second-order valence-corrected chi connectivity index (χ2v) is 7.01. The number of piperidine rings is 1. The van der Waals surface area contributed by atoms with Crippen molar-refractivity contribution in [1.29, 1.82) is 0 Å². The van der Waals surface area contributed by atoms with Crippen molar-refractivity contribution in [1.82, 2.24) is 9.80 Å². The lowest BCUT2D eigenvalue weighted by Crippen LogP contribution is -2.38. The maximum atomic E-state index is 6.05. The quantitative estimate of drug-likeness (QED) is 0.418. The molecule has 0 aromatic heterocycles.